The maximum Gasteiger partial charge on any atom is 0.161 e. The van der Waals surface area contributed by atoms with E-state index >= 15 is 0 Å². The van der Waals surface area contributed by atoms with E-state index in [0.717, 1.165) is 43.3 Å². The van der Waals surface area contributed by atoms with Crippen molar-refractivity contribution in [3.05, 3.63) is 59.7 Å². The minimum Gasteiger partial charge on any atom is -0.504 e. The van der Waals surface area contributed by atoms with E-state index < -0.39 is 0 Å². The van der Waals surface area contributed by atoms with E-state index in [-0.39, 0.29) is 5.75 Å². The summed E-state index contributed by atoms with van der Waals surface area (Å²) >= 11 is 5.67. The molecule has 0 spiro atoms. The molecule has 0 radical (unpaired) electrons. The minimum atomic E-state index is 0.154. The minimum absolute atomic E-state index is 0.154. The first-order chi connectivity index (χ1) is 12.2. The normalized spacial score (nSPS) is 15.2. The molecule has 1 N–H and O–H groups in total. The Morgan fingerprint density at radius 2 is 1.80 bits per heavy atom. The number of phenols is 1. The van der Waals surface area contributed by atoms with Gasteiger partial charge in [-0.15, -0.1) is 0 Å². The number of thiocarbonyl (C=S) groups is 1. The van der Waals surface area contributed by atoms with E-state index in [1.54, 1.807) is 6.07 Å². The lowest BCUT2D eigenvalue weighted by Gasteiger charge is -2.36. The molecule has 2 aromatic carbocycles. The van der Waals surface area contributed by atoms with Crippen LogP contribution in [0.3, 0.4) is 0 Å². The molecule has 1 aliphatic rings. The van der Waals surface area contributed by atoms with Gasteiger partial charge in [0.25, 0.3) is 0 Å². The van der Waals surface area contributed by atoms with Gasteiger partial charge >= 0.3 is 0 Å². The lowest BCUT2D eigenvalue weighted by atomic mass is 10.1. The van der Waals surface area contributed by atoms with Crippen LogP contribution in [0.1, 0.15) is 18.1 Å². The van der Waals surface area contributed by atoms with Crippen molar-refractivity contribution in [2.24, 2.45) is 0 Å². The topological polar surface area (TPSA) is 35.9 Å². The summed E-state index contributed by atoms with van der Waals surface area (Å²) in [5, 5.41) is 9.84. The van der Waals surface area contributed by atoms with Crippen LogP contribution in [0.15, 0.2) is 48.5 Å². The first kappa shape index (κ1) is 17.7. The van der Waals surface area contributed by atoms with Crippen LogP contribution >= 0.6 is 12.2 Å². The Morgan fingerprint density at radius 1 is 1.08 bits per heavy atom. The fourth-order valence-corrected chi connectivity index (χ4v) is 3.36. The number of piperazine rings is 1. The van der Waals surface area contributed by atoms with Gasteiger partial charge in [-0.05, 0) is 30.7 Å². The predicted octanol–water partition coefficient (Wildman–Crippen LogP) is 3.28. The standard InChI is InChI=1S/C20H24N2O2S/c1-2-24-19-14-17(8-9-18(19)23)20(25)22-12-10-21(11-13-22)15-16-6-4-3-5-7-16/h3-9,14,23H,2,10-13,15H2,1H3. The molecule has 2 aromatic rings. The van der Waals surface area contributed by atoms with Gasteiger partial charge in [-0.3, -0.25) is 4.90 Å². The molecule has 1 aliphatic heterocycles. The molecule has 1 fully saturated rings. The Balaban J connectivity index is 1.59. The third-order valence-corrected chi connectivity index (χ3v) is 4.91. The lowest BCUT2D eigenvalue weighted by molar-refractivity contribution is 0.177. The predicted molar refractivity (Wildman–Crippen MR) is 104 cm³/mol. The van der Waals surface area contributed by atoms with Gasteiger partial charge in [-0.25, -0.2) is 0 Å². The Kier molecular flexibility index (Phi) is 5.89. The van der Waals surface area contributed by atoms with E-state index in [2.05, 4.69) is 34.1 Å². The molecule has 25 heavy (non-hydrogen) atoms. The van der Waals surface area contributed by atoms with Crippen molar-refractivity contribution in [2.45, 2.75) is 13.5 Å². The number of phenolic OH excluding ortho intramolecular Hbond substituents is 1. The summed E-state index contributed by atoms with van der Waals surface area (Å²) < 4.78 is 5.46. The second-order valence-electron chi connectivity index (χ2n) is 6.17. The van der Waals surface area contributed by atoms with Gasteiger partial charge in [-0.1, -0.05) is 42.5 Å². The fraction of sp³-hybridized carbons (Fsp3) is 0.350. The van der Waals surface area contributed by atoms with E-state index in [1.165, 1.54) is 5.56 Å². The summed E-state index contributed by atoms with van der Waals surface area (Å²) in [7, 11) is 0. The molecular formula is C20H24N2O2S. The van der Waals surface area contributed by atoms with E-state index in [1.807, 2.05) is 25.1 Å². The van der Waals surface area contributed by atoms with Crippen LogP contribution < -0.4 is 4.74 Å². The summed E-state index contributed by atoms with van der Waals surface area (Å²) in [5.74, 6) is 0.645. The van der Waals surface area contributed by atoms with Crippen LogP contribution in [-0.2, 0) is 6.54 Å². The quantitative estimate of drug-likeness (QED) is 0.832. The molecule has 4 nitrogen and oxygen atoms in total. The van der Waals surface area contributed by atoms with E-state index in [9.17, 15) is 5.11 Å². The molecule has 132 valence electrons. The molecule has 1 heterocycles. The highest BCUT2D eigenvalue weighted by Gasteiger charge is 2.20. The number of aromatic hydroxyl groups is 1. The summed E-state index contributed by atoms with van der Waals surface area (Å²) in [6.45, 7) is 7.21. The van der Waals surface area contributed by atoms with Crippen LogP contribution in [0.5, 0.6) is 11.5 Å². The monoisotopic (exact) mass is 356 g/mol. The third kappa shape index (κ3) is 4.50. The van der Waals surface area contributed by atoms with Crippen molar-refractivity contribution in [1.29, 1.82) is 0 Å². The van der Waals surface area contributed by atoms with Crippen molar-refractivity contribution in [3.8, 4) is 11.5 Å². The van der Waals surface area contributed by atoms with E-state index in [4.69, 9.17) is 17.0 Å². The molecule has 0 unspecified atom stereocenters. The fourth-order valence-electron chi connectivity index (χ4n) is 3.05. The molecule has 0 bridgehead atoms. The van der Waals surface area contributed by atoms with Crippen LogP contribution in [0.25, 0.3) is 0 Å². The molecule has 3 rings (SSSR count). The van der Waals surface area contributed by atoms with Gasteiger partial charge in [0.2, 0.25) is 0 Å². The Morgan fingerprint density at radius 3 is 2.48 bits per heavy atom. The number of nitrogens with zero attached hydrogens (tertiary/aromatic N) is 2. The van der Waals surface area contributed by atoms with Crippen LogP contribution in [-0.4, -0.2) is 52.7 Å². The number of ether oxygens (including phenoxy) is 1. The summed E-state index contributed by atoms with van der Waals surface area (Å²) in [6.07, 6.45) is 0. The molecule has 1 saturated heterocycles. The summed E-state index contributed by atoms with van der Waals surface area (Å²) in [4.78, 5) is 5.51. The maximum absolute atomic E-state index is 9.84. The van der Waals surface area contributed by atoms with Gasteiger partial charge in [0.1, 0.15) is 4.99 Å². The first-order valence-corrected chi connectivity index (χ1v) is 9.09. The maximum atomic E-state index is 9.84. The Labute approximate surface area is 154 Å². The number of hydrogen-bond donors (Lipinski definition) is 1. The molecule has 0 aromatic heterocycles. The zero-order chi connectivity index (χ0) is 17.6. The van der Waals surface area contributed by atoms with Crippen molar-refractivity contribution in [1.82, 2.24) is 9.80 Å². The molecule has 0 atom stereocenters. The Hall–Kier alpha value is -2.11. The lowest BCUT2D eigenvalue weighted by Crippen LogP contribution is -2.48. The van der Waals surface area contributed by atoms with Crippen LogP contribution in [0, 0.1) is 0 Å². The van der Waals surface area contributed by atoms with Gasteiger partial charge in [-0.2, -0.15) is 0 Å². The zero-order valence-electron chi connectivity index (χ0n) is 14.5. The van der Waals surface area contributed by atoms with Crippen molar-refractivity contribution < 1.29 is 9.84 Å². The van der Waals surface area contributed by atoms with Gasteiger partial charge in [0.05, 0.1) is 6.61 Å². The number of rotatable bonds is 5. The largest absolute Gasteiger partial charge is 0.504 e. The molecular weight excluding hydrogens is 332 g/mol. The smallest absolute Gasteiger partial charge is 0.161 e. The zero-order valence-corrected chi connectivity index (χ0v) is 15.3. The summed E-state index contributed by atoms with van der Waals surface area (Å²) in [5.41, 5.74) is 2.27. The molecule has 0 amide bonds. The van der Waals surface area contributed by atoms with Crippen molar-refractivity contribution in [2.75, 3.05) is 32.8 Å². The number of hydrogen-bond acceptors (Lipinski definition) is 4. The highest BCUT2D eigenvalue weighted by molar-refractivity contribution is 7.80. The Bertz CT molecular complexity index is 713. The van der Waals surface area contributed by atoms with Crippen molar-refractivity contribution >= 4 is 17.2 Å². The highest BCUT2D eigenvalue weighted by atomic mass is 32.1. The highest BCUT2D eigenvalue weighted by Crippen LogP contribution is 2.27. The van der Waals surface area contributed by atoms with Crippen molar-refractivity contribution in [3.63, 3.8) is 0 Å². The third-order valence-electron chi connectivity index (χ3n) is 4.42. The molecule has 5 heteroatoms. The second kappa shape index (κ2) is 8.32. The van der Waals surface area contributed by atoms with Crippen LogP contribution in [0.2, 0.25) is 0 Å². The molecule has 0 saturated carbocycles. The van der Waals surface area contributed by atoms with Gasteiger partial charge in [0.15, 0.2) is 11.5 Å². The number of benzene rings is 2. The average molecular weight is 356 g/mol. The van der Waals surface area contributed by atoms with Gasteiger partial charge in [0, 0.05) is 38.3 Å². The average Bonchev–Trinajstić information content (AvgIpc) is 2.65. The second-order valence-corrected chi connectivity index (χ2v) is 6.56. The van der Waals surface area contributed by atoms with Crippen LogP contribution in [0.4, 0.5) is 0 Å². The summed E-state index contributed by atoms with van der Waals surface area (Å²) in [6, 6.07) is 15.9. The molecule has 0 aliphatic carbocycles. The van der Waals surface area contributed by atoms with E-state index in [0.29, 0.717) is 12.4 Å². The van der Waals surface area contributed by atoms with Gasteiger partial charge < -0.3 is 14.7 Å². The first-order valence-electron chi connectivity index (χ1n) is 8.68. The SMILES string of the molecule is CCOc1cc(C(=S)N2CCN(Cc3ccccc3)CC2)ccc1O.